The number of benzene rings is 3. The van der Waals surface area contributed by atoms with Crippen LogP contribution in [0, 0.1) is 0 Å². The fourth-order valence-corrected chi connectivity index (χ4v) is 38.6. The minimum absolute atomic E-state index is 0. The SMILES string of the molecule is C[C@H]1CC[C@H](C)[PH+]1c1ccccc1[PH+]1[C@@H](C)CC[C@@H]1C.C[C@H]1CC[C@H](C)[PH+]1c1ccccc1[PH+]1[C@@H](C)CC[C@@H]1C.C[C@H]1CC[C@H](C)[PH+]1c1ccccc1[PH+]1[C@@H](C)CC[C@@H]1C.[Au].[Cl-].[Cl][Au].[Cl][Au]. The van der Waals surface area contributed by atoms with E-state index >= 15 is 0 Å². The van der Waals surface area contributed by atoms with Crippen molar-refractivity contribution in [3.8, 4) is 0 Å². The van der Waals surface area contributed by atoms with Crippen molar-refractivity contribution in [1.82, 2.24) is 0 Å². The van der Waals surface area contributed by atoms with Crippen molar-refractivity contribution < 1.29 is 74.8 Å². The molecule has 6 aliphatic rings. The Morgan fingerprint density at radius 2 is 0.364 bits per heavy atom. The molecule has 6 fully saturated rings. The Morgan fingerprint density at radius 3 is 0.455 bits per heavy atom. The Hall–Kier alpha value is 3.33. The summed E-state index contributed by atoms with van der Waals surface area (Å²) in [6.45, 7) is 30.3. The summed E-state index contributed by atoms with van der Waals surface area (Å²) in [5.74, 6) is 0. The minimum atomic E-state index is -0.332. The molecule has 0 bridgehead atoms. The number of hydrogen-bond donors (Lipinski definition) is 0. The number of rotatable bonds is 6. The van der Waals surface area contributed by atoms with Gasteiger partial charge in [-0.2, -0.15) is 0 Å². The van der Waals surface area contributed by atoms with Gasteiger partial charge in [-0.3, -0.25) is 0 Å². The normalized spacial score (nSPS) is 32.8. The van der Waals surface area contributed by atoms with Crippen LogP contribution in [0.5, 0.6) is 0 Å². The van der Waals surface area contributed by atoms with Crippen molar-refractivity contribution in [2.75, 3.05) is 0 Å². The molecule has 0 aromatic heterocycles. The van der Waals surface area contributed by atoms with Crippen LogP contribution in [0.4, 0.5) is 0 Å². The molecular formula is C54H90Au3Cl3P6+5. The van der Waals surface area contributed by atoms with Crippen LogP contribution in [0.25, 0.3) is 0 Å². The van der Waals surface area contributed by atoms with Gasteiger partial charge in [0.2, 0.25) is 0 Å². The molecule has 6 saturated heterocycles. The molecule has 3 aromatic rings. The predicted octanol–water partition coefficient (Wildman–Crippen LogP) is 11.9. The van der Waals surface area contributed by atoms with Gasteiger partial charge in [0.1, 0.15) is 31.8 Å². The van der Waals surface area contributed by atoms with Crippen LogP contribution < -0.4 is 44.2 Å². The summed E-state index contributed by atoms with van der Waals surface area (Å²) in [4.78, 5) is 0. The predicted molar refractivity (Wildman–Crippen MR) is 308 cm³/mol. The maximum absolute atomic E-state index is 4.58. The van der Waals surface area contributed by atoms with Crippen molar-refractivity contribution in [3.63, 3.8) is 0 Å². The monoisotopic (exact) mass is 1620 g/mol. The zero-order chi connectivity index (χ0) is 46.8. The van der Waals surface area contributed by atoms with Crippen LogP contribution in [-0.4, -0.2) is 67.9 Å². The second-order valence-electron chi connectivity index (χ2n) is 21.6. The zero-order valence-electron chi connectivity index (χ0n) is 42.4. The van der Waals surface area contributed by atoms with E-state index in [4.69, 9.17) is 0 Å². The molecule has 0 saturated carbocycles. The average Bonchev–Trinajstić information content (AvgIpc) is 4.15. The van der Waals surface area contributed by atoms with Crippen molar-refractivity contribution in [2.24, 2.45) is 0 Å². The molecule has 0 nitrogen and oxygen atoms in total. The summed E-state index contributed by atoms with van der Waals surface area (Å²) in [6, 6.07) is 28.9. The molecule has 0 amide bonds. The summed E-state index contributed by atoms with van der Waals surface area (Å²) in [5.41, 5.74) is 11.7. The molecule has 6 heterocycles. The van der Waals surface area contributed by atoms with Gasteiger partial charge in [0, 0.05) is 69.9 Å². The first kappa shape index (κ1) is 63.6. The van der Waals surface area contributed by atoms with Gasteiger partial charge in [0.15, 0.2) is 0 Å². The van der Waals surface area contributed by atoms with Gasteiger partial charge in [-0.25, -0.2) is 0 Å². The molecule has 3 aromatic carbocycles. The van der Waals surface area contributed by atoms with E-state index in [-0.39, 0.29) is 82.3 Å². The Kier molecular flexibility index (Phi) is 30.3. The molecule has 6 aliphatic heterocycles. The Morgan fingerprint density at radius 1 is 0.273 bits per heavy atom. The van der Waals surface area contributed by atoms with Gasteiger partial charge in [0.05, 0.1) is 67.9 Å². The third-order valence-corrected chi connectivity index (χ3v) is 40.5. The van der Waals surface area contributed by atoms with Gasteiger partial charge >= 0.3 is 58.4 Å². The molecule has 0 spiro atoms. The van der Waals surface area contributed by atoms with E-state index in [1.54, 1.807) is 40.0 Å². The Balaban J connectivity index is 0.000000249. The van der Waals surface area contributed by atoms with Crippen LogP contribution in [0.3, 0.4) is 0 Å². The second-order valence-corrected chi connectivity index (χ2v) is 42.2. The Labute approximate surface area is 468 Å². The van der Waals surface area contributed by atoms with Crippen molar-refractivity contribution >= 4 is 97.7 Å². The van der Waals surface area contributed by atoms with E-state index in [1.807, 2.05) is 31.8 Å². The fourth-order valence-electron chi connectivity index (χ4n) is 13.9. The molecule has 1 radical (unpaired) electrons. The maximum atomic E-state index is 4.58. The van der Waals surface area contributed by atoms with Gasteiger partial charge in [-0.15, -0.1) is 0 Å². The fraction of sp³-hybridized carbons (Fsp3) is 0.667. The Bertz CT molecular complexity index is 1460. The number of hydrogen-bond acceptors (Lipinski definition) is 0. The van der Waals surface area contributed by atoms with Crippen LogP contribution in [0.15, 0.2) is 72.8 Å². The van der Waals surface area contributed by atoms with Crippen LogP contribution in [-0.2, 0) is 62.4 Å². The number of halogens is 3. The van der Waals surface area contributed by atoms with Gasteiger partial charge in [0.25, 0.3) is 0 Å². The standard InChI is InChI=1S/3C18H28P2.3Au.3ClH/c3*1-13-9-10-14(2)19(13)17-7-5-6-8-18(17)20-15(3)11-12-16(20)4;;;;;;/h3*5-8,13-16H,9-12H2,1-4H3;;;;3*1H/q;;;;2*+1;;;/p+3/t3*13-,14-,15-,16-;;;;;;/m000....../s1. The van der Waals surface area contributed by atoms with E-state index in [0.717, 1.165) is 67.9 Å². The van der Waals surface area contributed by atoms with E-state index in [1.165, 1.54) is 77.0 Å². The first-order valence-electron chi connectivity index (χ1n) is 25.5. The summed E-state index contributed by atoms with van der Waals surface area (Å²) >= 11 is 3.50. The van der Waals surface area contributed by atoms with Gasteiger partial charge < -0.3 is 12.4 Å². The quantitative estimate of drug-likeness (QED) is 0.170. The summed E-state index contributed by atoms with van der Waals surface area (Å²) in [5, 5.41) is 11.0. The molecule has 0 aliphatic carbocycles. The molecule has 12 heteroatoms. The summed E-state index contributed by atoms with van der Waals surface area (Å²) in [7, 11) is 7.17. The molecule has 0 N–H and O–H groups in total. The third kappa shape index (κ3) is 15.5. The van der Waals surface area contributed by atoms with Crippen molar-refractivity contribution in [1.29, 1.82) is 0 Å². The average molecular weight is 1620 g/mol. The second kappa shape index (κ2) is 31.4. The van der Waals surface area contributed by atoms with Gasteiger partial charge in [-0.05, 0) is 197 Å². The van der Waals surface area contributed by atoms with E-state index in [0.29, 0.717) is 0 Å². The molecule has 12 atom stereocenters. The summed E-state index contributed by atoms with van der Waals surface area (Å²) < 4.78 is 0. The van der Waals surface area contributed by atoms with E-state index < -0.39 is 0 Å². The molecule has 66 heavy (non-hydrogen) atoms. The van der Waals surface area contributed by atoms with Crippen molar-refractivity contribution in [2.45, 2.75) is 228 Å². The van der Waals surface area contributed by atoms with Crippen LogP contribution in [0.1, 0.15) is 160 Å². The molecule has 385 valence electrons. The zero-order valence-corrected chi connectivity index (χ0v) is 57.1. The first-order chi connectivity index (χ1) is 30.8. The van der Waals surface area contributed by atoms with E-state index in [9.17, 15) is 0 Å². The van der Waals surface area contributed by atoms with E-state index in [2.05, 4.69) is 174 Å². The van der Waals surface area contributed by atoms with Crippen LogP contribution >= 0.6 is 65.9 Å². The molecule has 9 rings (SSSR count). The topological polar surface area (TPSA) is 0 Å². The molecule has 0 unspecified atom stereocenters. The first-order valence-corrected chi connectivity index (χ1v) is 40.8. The van der Waals surface area contributed by atoms with Gasteiger partial charge in [-0.1, -0.05) is 36.4 Å². The summed E-state index contributed by atoms with van der Waals surface area (Å²) in [6.07, 6.45) is 17.6. The van der Waals surface area contributed by atoms with Crippen molar-refractivity contribution in [3.05, 3.63) is 72.8 Å². The van der Waals surface area contributed by atoms with Crippen LogP contribution in [0.2, 0.25) is 0 Å². The molecular weight excluding hydrogens is 1530 g/mol. The third-order valence-electron chi connectivity index (χ3n) is 17.2.